The van der Waals surface area contributed by atoms with Crippen LogP contribution in [0.25, 0.3) is 0 Å². The van der Waals surface area contributed by atoms with Crippen LogP contribution >= 0.6 is 0 Å². The van der Waals surface area contributed by atoms with Gasteiger partial charge in [-0.15, -0.1) is 0 Å². The van der Waals surface area contributed by atoms with Crippen molar-refractivity contribution < 1.29 is 19.3 Å². The van der Waals surface area contributed by atoms with Crippen LogP contribution in [0.5, 0.6) is 0 Å². The average Bonchev–Trinajstić information content (AvgIpc) is 3.35. The Labute approximate surface area is 190 Å². The molecule has 33 heavy (non-hydrogen) atoms. The minimum Gasteiger partial charge on any atom is -0.273 e. The molecule has 0 spiro atoms. The van der Waals surface area contributed by atoms with E-state index in [1.54, 1.807) is 5.06 Å². The Morgan fingerprint density at radius 1 is 0.879 bits per heavy atom. The standard InChI is InChI=1S/C25H21N3O5/c1-2-16-8-10-17(11-9-16)22-21-23(33-27(22)19-6-4-3-5-7-19)25(30)26(24(21)29)18-12-14-20(15-13-18)28(31)32/h3-15,21-23H,2H2,1H3. The number of carbonyl (C=O) groups is 2. The Hall–Kier alpha value is -4.04. The van der Waals surface area contributed by atoms with Crippen molar-refractivity contribution in [2.45, 2.75) is 25.5 Å². The van der Waals surface area contributed by atoms with E-state index >= 15 is 0 Å². The summed E-state index contributed by atoms with van der Waals surface area (Å²) in [5.41, 5.74) is 2.97. The fraction of sp³-hybridized carbons (Fsp3) is 0.200. The lowest BCUT2D eigenvalue weighted by molar-refractivity contribution is -0.384. The van der Waals surface area contributed by atoms with Crippen molar-refractivity contribution in [3.8, 4) is 0 Å². The molecule has 0 radical (unpaired) electrons. The second-order valence-corrected chi connectivity index (χ2v) is 8.04. The molecule has 2 aliphatic heterocycles. The van der Waals surface area contributed by atoms with Crippen molar-refractivity contribution in [3.63, 3.8) is 0 Å². The molecule has 2 amide bonds. The predicted octanol–water partition coefficient (Wildman–Crippen LogP) is 4.21. The van der Waals surface area contributed by atoms with Crippen molar-refractivity contribution in [2.75, 3.05) is 9.96 Å². The summed E-state index contributed by atoms with van der Waals surface area (Å²) in [4.78, 5) is 44.5. The summed E-state index contributed by atoms with van der Waals surface area (Å²) in [6.07, 6.45) is -0.0925. The number of rotatable bonds is 5. The fourth-order valence-electron chi connectivity index (χ4n) is 4.48. The maximum atomic E-state index is 13.6. The van der Waals surface area contributed by atoms with Crippen LogP contribution in [0.4, 0.5) is 17.1 Å². The molecular weight excluding hydrogens is 422 g/mol. The summed E-state index contributed by atoms with van der Waals surface area (Å²) in [5.74, 6) is -1.62. The molecule has 3 aromatic rings. The van der Waals surface area contributed by atoms with Crippen LogP contribution in [0, 0.1) is 16.0 Å². The highest BCUT2D eigenvalue weighted by molar-refractivity contribution is 6.23. The molecule has 0 aliphatic carbocycles. The first-order valence-electron chi connectivity index (χ1n) is 10.7. The fourth-order valence-corrected chi connectivity index (χ4v) is 4.48. The summed E-state index contributed by atoms with van der Waals surface area (Å²) >= 11 is 0. The molecule has 3 atom stereocenters. The maximum Gasteiger partial charge on any atom is 0.269 e. The number of non-ortho nitro benzene ring substituents is 1. The zero-order valence-electron chi connectivity index (χ0n) is 17.8. The van der Waals surface area contributed by atoms with Crippen molar-refractivity contribution in [2.24, 2.45) is 5.92 Å². The van der Waals surface area contributed by atoms with E-state index in [1.807, 2.05) is 54.6 Å². The SMILES string of the molecule is CCc1ccc(C2C3C(=O)N(c4ccc([N+](=O)[O-])cc4)C(=O)C3ON2c2ccccc2)cc1. The van der Waals surface area contributed by atoms with Crippen molar-refractivity contribution in [1.29, 1.82) is 0 Å². The number of aryl methyl sites for hydroxylation is 1. The van der Waals surface area contributed by atoms with Crippen molar-refractivity contribution >= 4 is 28.9 Å². The second kappa shape index (κ2) is 8.14. The average molecular weight is 443 g/mol. The molecule has 8 nitrogen and oxygen atoms in total. The lowest BCUT2D eigenvalue weighted by atomic mass is 9.90. The molecule has 2 heterocycles. The van der Waals surface area contributed by atoms with E-state index in [0.29, 0.717) is 5.69 Å². The van der Waals surface area contributed by atoms with Gasteiger partial charge in [-0.05, 0) is 41.8 Å². The largest absolute Gasteiger partial charge is 0.273 e. The molecule has 8 heteroatoms. The van der Waals surface area contributed by atoms with Gasteiger partial charge < -0.3 is 0 Å². The van der Waals surface area contributed by atoms with Gasteiger partial charge in [0, 0.05) is 12.1 Å². The zero-order chi connectivity index (χ0) is 23.1. The number of nitro groups is 1. The summed E-state index contributed by atoms with van der Waals surface area (Å²) < 4.78 is 0. The van der Waals surface area contributed by atoms with Crippen LogP contribution in [-0.2, 0) is 20.8 Å². The van der Waals surface area contributed by atoms with Gasteiger partial charge >= 0.3 is 0 Å². The van der Waals surface area contributed by atoms with Gasteiger partial charge in [-0.3, -0.25) is 24.5 Å². The van der Waals surface area contributed by atoms with Gasteiger partial charge in [-0.2, -0.15) is 0 Å². The molecule has 166 valence electrons. The lowest BCUT2D eigenvalue weighted by Gasteiger charge is -2.28. The first-order valence-corrected chi connectivity index (χ1v) is 10.7. The summed E-state index contributed by atoms with van der Waals surface area (Å²) in [5, 5.41) is 12.6. The van der Waals surface area contributed by atoms with E-state index in [1.165, 1.54) is 29.8 Å². The molecule has 0 aromatic heterocycles. The first-order chi connectivity index (χ1) is 16.0. The third-order valence-corrected chi connectivity index (χ3v) is 6.17. The van der Waals surface area contributed by atoms with Crippen LogP contribution < -0.4 is 9.96 Å². The number of imide groups is 1. The Kier molecular flexibility index (Phi) is 5.14. The van der Waals surface area contributed by atoms with Gasteiger partial charge in [0.15, 0.2) is 6.10 Å². The molecule has 0 bridgehead atoms. The summed E-state index contributed by atoms with van der Waals surface area (Å²) in [6.45, 7) is 2.07. The number of para-hydroxylation sites is 1. The Balaban J connectivity index is 1.54. The predicted molar refractivity (Wildman–Crippen MR) is 121 cm³/mol. The number of benzene rings is 3. The van der Waals surface area contributed by atoms with E-state index in [2.05, 4.69) is 6.92 Å². The smallest absolute Gasteiger partial charge is 0.269 e. The maximum absolute atomic E-state index is 13.6. The molecule has 3 unspecified atom stereocenters. The van der Waals surface area contributed by atoms with Crippen molar-refractivity contribution in [1.82, 2.24) is 0 Å². The van der Waals surface area contributed by atoms with E-state index in [9.17, 15) is 19.7 Å². The van der Waals surface area contributed by atoms with Gasteiger partial charge in [0.05, 0.1) is 22.3 Å². The zero-order valence-corrected chi connectivity index (χ0v) is 17.8. The van der Waals surface area contributed by atoms with Crippen LogP contribution in [0.1, 0.15) is 24.1 Å². The number of hydrogen-bond acceptors (Lipinski definition) is 6. The summed E-state index contributed by atoms with van der Waals surface area (Å²) in [7, 11) is 0. The molecule has 2 saturated heterocycles. The third-order valence-electron chi connectivity index (χ3n) is 6.17. The van der Waals surface area contributed by atoms with Gasteiger partial charge in [-0.25, -0.2) is 9.96 Å². The molecule has 5 rings (SSSR count). The minimum absolute atomic E-state index is 0.113. The van der Waals surface area contributed by atoms with Crippen molar-refractivity contribution in [3.05, 3.63) is 100 Å². The summed E-state index contributed by atoms with van der Waals surface area (Å²) in [6, 6.07) is 22.2. The van der Waals surface area contributed by atoms with Gasteiger partial charge in [0.25, 0.3) is 11.6 Å². The van der Waals surface area contributed by atoms with Gasteiger partial charge in [0.1, 0.15) is 5.92 Å². The van der Waals surface area contributed by atoms with Gasteiger partial charge in [-0.1, -0.05) is 49.4 Å². The van der Waals surface area contributed by atoms with E-state index < -0.39 is 28.9 Å². The van der Waals surface area contributed by atoms with Crippen LogP contribution in [0.3, 0.4) is 0 Å². The quantitative estimate of drug-likeness (QED) is 0.333. The molecule has 3 aromatic carbocycles. The Morgan fingerprint density at radius 3 is 2.15 bits per heavy atom. The Bertz CT molecular complexity index is 1210. The molecule has 0 N–H and O–H groups in total. The number of hydroxylamine groups is 1. The van der Waals surface area contributed by atoms with Gasteiger partial charge in [0.2, 0.25) is 5.91 Å². The first kappa shape index (κ1) is 20.8. The molecule has 2 fully saturated rings. The molecule has 2 aliphatic rings. The van der Waals surface area contributed by atoms with Crippen LogP contribution in [0.2, 0.25) is 0 Å². The highest BCUT2D eigenvalue weighted by Gasteiger charge is 2.60. The van der Waals surface area contributed by atoms with Crippen LogP contribution in [-0.4, -0.2) is 22.8 Å². The minimum atomic E-state index is -0.983. The second-order valence-electron chi connectivity index (χ2n) is 8.04. The third kappa shape index (κ3) is 3.44. The number of anilines is 2. The molecule has 0 saturated carbocycles. The monoisotopic (exact) mass is 443 g/mol. The van der Waals surface area contributed by atoms with E-state index in [4.69, 9.17) is 4.84 Å². The lowest BCUT2D eigenvalue weighted by Crippen LogP contribution is -2.37. The number of carbonyl (C=O) groups excluding carboxylic acids is 2. The van der Waals surface area contributed by atoms with E-state index in [0.717, 1.165) is 22.6 Å². The number of hydrogen-bond donors (Lipinski definition) is 0. The highest BCUT2D eigenvalue weighted by Crippen LogP contribution is 2.47. The number of nitro benzene ring substituents is 1. The highest BCUT2D eigenvalue weighted by atomic mass is 16.7. The van der Waals surface area contributed by atoms with Crippen LogP contribution in [0.15, 0.2) is 78.9 Å². The molecular formula is C25H21N3O5. The number of fused-ring (bicyclic) bond motifs is 1. The Morgan fingerprint density at radius 2 is 1.55 bits per heavy atom. The number of amides is 2. The van der Waals surface area contributed by atoms with E-state index in [-0.39, 0.29) is 11.6 Å². The number of nitrogens with zero attached hydrogens (tertiary/aromatic N) is 3. The topological polar surface area (TPSA) is 93.0 Å². The normalized spacial score (nSPS) is 22.0.